The molecule has 1 aliphatic heterocycles. The lowest BCUT2D eigenvalue weighted by Gasteiger charge is -2.11. The first kappa shape index (κ1) is 18.1. The molecule has 2 N–H and O–H groups in total. The second-order valence-electron chi connectivity index (χ2n) is 6.34. The lowest BCUT2D eigenvalue weighted by Crippen LogP contribution is -2.14. The number of aromatic nitrogens is 1. The molecule has 0 saturated heterocycles. The van der Waals surface area contributed by atoms with Crippen molar-refractivity contribution in [1.82, 2.24) is 4.98 Å². The van der Waals surface area contributed by atoms with Crippen molar-refractivity contribution in [3.8, 4) is 11.5 Å². The summed E-state index contributed by atoms with van der Waals surface area (Å²) in [7, 11) is -3.65. The van der Waals surface area contributed by atoms with Crippen LogP contribution in [0.1, 0.15) is 11.1 Å². The molecule has 1 aromatic heterocycles. The molecule has 0 saturated carbocycles. The summed E-state index contributed by atoms with van der Waals surface area (Å²) < 4.78 is 38.3. The maximum Gasteiger partial charge on any atom is 0.262 e. The van der Waals surface area contributed by atoms with Crippen LogP contribution < -0.4 is 19.5 Å². The van der Waals surface area contributed by atoms with Crippen LogP contribution in [0.15, 0.2) is 65.7 Å². The highest BCUT2D eigenvalue weighted by molar-refractivity contribution is 7.92. The number of benzene rings is 2. The topological polar surface area (TPSA) is 89.6 Å². The van der Waals surface area contributed by atoms with Gasteiger partial charge in [0.15, 0.2) is 11.5 Å². The summed E-state index contributed by atoms with van der Waals surface area (Å²) in [6.45, 7) is 2.56. The quantitative estimate of drug-likeness (QED) is 0.661. The Morgan fingerprint density at radius 1 is 1.04 bits per heavy atom. The van der Waals surface area contributed by atoms with Gasteiger partial charge in [0, 0.05) is 6.54 Å². The van der Waals surface area contributed by atoms with Crippen molar-refractivity contribution in [3.63, 3.8) is 0 Å². The van der Waals surface area contributed by atoms with E-state index in [4.69, 9.17) is 9.47 Å². The monoisotopic (exact) mass is 397 g/mol. The summed E-state index contributed by atoms with van der Waals surface area (Å²) in [4.78, 5) is 4.52. The Hall–Kier alpha value is -3.26. The number of hydrogen-bond acceptors (Lipinski definition) is 6. The maximum absolute atomic E-state index is 12.5. The largest absolute Gasteiger partial charge is 0.454 e. The van der Waals surface area contributed by atoms with Crippen LogP contribution >= 0.6 is 0 Å². The molecule has 0 unspecified atom stereocenters. The maximum atomic E-state index is 12.5. The molecular weight excluding hydrogens is 378 g/mol. The van der Waals surface area contributed by atoms with Gasteiger partial charge in [-0.05, 0) is 48.4 Å². The Bertz CT molecular complexity index is 1100. The van der Waals surface area contributed by atoms with E-state index < -0.39 is 10.0 Å². The van der Waals surface area contributed by atoms with Gasteiger partial charge >= 0.3 is 0 Å². The van der Waals surface area contributed by atoms with Crippen LogP contribution in [0, 0.1) is 6.92 Å². The van der Waals surface area contributed by atoms with Crippen molar-refractivity contribution in [2.45, 2.75) is 18.4 Å². The van der Waals surface area contributed by atoms with Crippen molar-refractivity contribution in [1.29, 1.82) is 0 Å². The Balaban J connectivity index is 1.41. The molecule has 1 aliphatic rings. The van der Waals surface area contributed by atoms with Gasteiger partial charge in [0.1, 0.15) is 5.82 Å². The Morgan fingerprint density at radius 2 is 1.86 bits per heavy atom. The Labute approximate surface area is 163 Å². The molecule has 2 heterocycles. The molecule has 0 aliphatic carbocycles. The van der Waals surface area contributed by atoms with E-state index >= 15 is 0 Å². The fourth-order valence-corrected chi connectivity index (χ4v) is 4.16. The van der Waals surface area contributed by atoms with Gasteiger partial charge in [-0.25, -0.2) is 13.4 Å². The number of aryl methyl sites for hydroxylation is 1. The molecule has 0 atom stereocenters. The van der Waals surface area contributed by atoms with Crippen LogP contribution in [0.5, 0.6) is 11.5 Å². The van der Waals surface area contributed by atoms with Gasteiger partial charge in [-0.1, -0.05) is 24.3 Å². The molecule has 4 rings (SSSR count). The molecule has 0 bridgehead atoms. The first-order chi connectivity index (χ1) is 13.5. The fourth-order valence-electron chi connectivity index (χ4n) is 2.87. The third kappa shape index (κ3) is 3.86. The van der Waals surface area contributed by atoms with E-state index in [1.54, 1.807) is 43.3 Å². The van der Waals surface area contributed by atoms with E-state index in [9.17, 15) is 8.42 Å². The molecule has 0 radical (unpaired) electrons. The third-order valence-corrected chi connectivity index (χ3v) is 5.85. The van der Waals surface area contributed by atoms with Crippen LogP contribution in [0.25, 0.3) is 0 Å². The highest BCUT2D eigenvalue weighted by Gasteiger charge is 2.16. The Kier molecular flexibility index (Phi) is 4.79. The van der Waals surface area contributed by atoms with Gasteiger partial charge in [0.2, 0.25) is 6.79 Å². The molecule has 0 spiro atoms. The summed E-state index contributed by atoms with van der Waals surface area (Å²) in [5.41, 5.74) is 2.11. The third-order valence-electron chi connectivity index (χ3n) is 4.31. The number of hydrogen-bond donors (Lipinski definition) is 2. The number of anilines is 2. The van der Waals surface area contributed by atoms with Gasteiger partial charge in [-0.3, -0.25) is 4.72 Å². The fraction of sp³-hybridized carbons (Fsp3) is 0.150. The van der Waals surface area contributed by atoms with Crippen molar-refractivity contribution in [2.75, 3.05) is 16.8 Å². The minimum Gasteiger partial charge on any atom is -0.454 e. The molecule has 0 fully saturated rings. The van der Waals surface area contributed by atoms with Crippen molar-refractivity contribution in [2.24, 2.45) is 0 Å². The Morgan fingerprint density at radius 3 is 2.64 bits per heavy atom. The van der Waals surface area contributed by atoms with Crippen LogP contribution in [-0.2, 0) is 16.6 Å². The molecule has 28 heavy (non-hydrogen) atoms. The number of pyridine rings is 1. The average molecular weight is 397 g/mol. The first-order valence-electron chi connectivity index (χ1n) is 8.68. The van der Waals surface area contributed by atoms with Gasteiger partial charge in [0.05, 0.1) is 16.8 Å². The molecule has 8 heteroatoms. The summed E-state index contributed by atoms with van der Waals surface area (Å²) in [5, 5.41) is 3.20. The summed E-state index contributed by atoms with van der Waals surface area (Å²) in [5.74, 6) is 2.11. The van der Waals surface area contributed by atoms with Gasteiger partial charge in [-0.15, -0.1) is 0 Å². The molecule has 7 nitrogen and oxygen atoms in total. The molecular formula is C20H19N3O4S. The van der Waals surface area contributed by atoms with Gasteiger partial charge < -0.3 is 14.8 Å². The number of rotatable bonds is 6. The summed E-state index contributed by atoms with van der Waals surface area (Å²) >= 11 is 0. The van der Waals surface area contributed by atoms with Crippen molar-refractivity contribution < 1.29 is 17.9 Å². The standard InChI is InChI=1S/C20H19N3O4S/c1-14-4-2-3-5-19(14)28(24,25)23-16-7-9-20(22-12-16)21-11-15-6-8-17-18(10-15)27-13-26-17/h2-10,12,23H,11,13H2,1H3,(H,21,22). The number of nitrogens with one attached hydrogen (secondary N) is 2. The summed E-state index contributed by atoms with van der Waals surface area (Å²) in [6.07, 6.45) is 1.48. The smallest absolute Gasteiger partial charge is 0.262 e. The van der Waals surface area contributed by atoms with Crippen LogP contribution in [0.3, 0.4) is 0 Å². The SMILES string of the molecule is Cc1ccccc1S(=O)(=O)Nc1ccc(NCc2ccc3c(c2)OCO3)nc1. The first-order valence-corrected chi connectivity index (χ1v) is 10.2. The van der Waals surface area contributed by atoms with E-state index in [1.165, 1.54) is 6.20 Å². The lowest BCUT2D eigenvalue weighted by molar-refractivity contribution is 0.174. The zero-order chi connectivity index (χ0) is 19.6. The summed E-state index contributed by atoms with van der Waals surface area (Å²) in [6, 6.07) is 16.0. The van der Waals surface area contributed by atoms with Crippen LogP contribution in [0.2, 0.25) is 0 Å². The van der Waals surface area contributed by atoms with E-state index in [0.717, 1.165) is 17.1 Å². The van der Waals surface area contributed by atoms with E-state index in [0.29, 0.717) is 23.6 Å². The molecule has 144 valence electrons. The number of fused-ring (bicyclic) bond motifs is 1. The number of nitrogens with zero attached hydrogens (tertiary/aromatic N) is 1. The zero-order valence-electron chi connectivity index (χ0n) is 15.2. The number of ether oxygens (including phenoxy) is 2. The van der Waals surface area contributed by atoms with Gasteiger partial charge in [-0.2, -0.15) is 0 Å². The predicted molar refractivity (Wildman–Crippen MR) is 106 cm³/mol. The van der Waals surface area contributed by atoms with Gasteiger partial charge in [0.25, 0.3) is 10.0 Å². The van der Waals surface area contributed by atoms with Crippen molar-refractivity contribution >= 4 is 21.5 Å². The second-order valence-corrected chi connectivity index (χ2v) is 8.00. The lowest BCUT2D eigenvalue weighted by atomic mass is 10.2. The molecule has 3 aromatic rings. The van der Waals surface area contributed by atoms with Crippen molar-refractivity contribution in [3.05, 3.63) is 71.9 Å². The second kappa shape index (κ2) is 7.40. The minimum absolute atomic E-state index is 0.244. The van der Waals surface area contributed by atoms with E-state index in [1.807, 2.05) is 18.2 Å². The molecule has 2 aromatic carbocycles. The molecule has 0 amide bonds. The highest BCUT2D eigenvalue weighted by atomic mass is 32.2. The zero-order valence-corrected chi connectivity index (χ0v) is 16.0. The normalized spacial score (nSPS) is 12.6. The van der Waals surface area contributed by atoms with E-state index in [-0.39, 0.29) is 11.7 Å². The van der Waals surface area contributed by atoms with Crippen LogP contribution in [-0.4, -0.2) is 20.2 Å². The average Bonchev–Trinajstić information content (AvgIpc) is 3.15. The number of sulfonamides is 1. The predicted octanol–water partition coefficient (Wildman–Crippen LogP) is 3.53. The van der Waals surface area contributed by atoms with Crippen LogP contribution in [0.4, 0.5) is 11.5 Å². The highest BCUT2D eigenvalue weighted by Crippen LogP contribution is 2.32. The van der Waals surface area contributed by atoms with E-state index in [2.05, 4.69) is 15.0 Å². The minimum atomic E-state index is -3.65.